The lowest BCUT2D eigenvalue weighted by molar-refractivity contribution is -0.137. The van der Waals surface area contributed by atoms with Crippen LogP contribution in [-0.4, -0.2) is 18.8 Å². The first-order chi connectivity index (χ1) is 5.72. The van der Waals surface area contributed by atoms with E-state index in [0.717, 1.165) is 4.21 Å². The molecule has 0 saturated carbocycles. The van der Waals surface area contributed by atoms with Crippen LogP contribution in [0.25, 0.3) is 0 Å². The van der Waals surface area contributed by atoms with E-state index in [0.29, 0.717) is 5.75 Å². The summed E-state index contributed by atoms with van der Waals surface area (Å²) in [6.45, 7) is 2.04. The first-order valence-electron chi connectivity index (χ1n) is 3.47. The van der Waals surface area contributed by atoms with Crippen LogP contribution >= 0.6 is 23.1 Å². The van der Waals surface area contributed by atoms with Crippen molar-refractivity contribution in [2.75, 3.05) is 12.9 Å². The number of methoxy groups -OCH3 is 1. The molecule has 0 atom stereocenters. The molecule has 0 fully saturated rings. The average Bonchev–Trinajstić information content (AvgIpc) is 2.47. The fourth-order valence-corrected chi connectivity index (χ4v) is 2.53. The summed E-state index contributed by atoms with van der Waals surface area (Å²) in [7, 11) is 1.41. The Labute approximate surface area is 79.9 Å². The zero-order chi connectivity index (χ0) is 8.97. The predicted octanol–water partition coefficient (Wildman–Crippen LogP) is 2.32. The molecule has 12 heavy (non-hydrogen) atoms. The molecule has 1 aromatic rings. The summed E-state index contributed by atoms with van der Waals surface area (Å²) in [4.78, 5) is 10.8. The van der Waals surface area contributed by atoms with Crippen molar-refractivity contribution in [3.8, 4) is 0 Å². The third kappa shape index (κ3) is 2.87. The van der Waals surface area contributed by atoms with Crippen LogP contribution in [0.4, 0.5) is 0 Å². The van der Waals surface area contributed by atoms with Crippen LogP contribution in [-0.2, 0) is 9.53 Å². The monoisotopic (exact) mass is 202 g/mol. The molecule has 0 amide bonds. The number of rotatable bonds is 3. The number of carbonyl (C=O) groups is 1. The molecule has 0 saturated heterocycles. The van der Waals surface area contributed by atoms with Crippen LogP contribution < -0.4 is 0 Å². The van der Waals surface area contributed by atoms with Gasteiger partial charge in [-0.25, -0.2) is 0 Å². The third-order valence-electron chi connectivity index (χ3n) is 1.27. The van der Waals surface area contributed by atoms with E-state index in [4.69, 9.17) is 0 Å². The van der Waals surface area contributed by atoms with Crippen molar-refractivity contribution < 1.29 is 9.53 Å². The maximum atomic E-state index is 10.8. The quantitative estimate of drug-likeness (QED) is 0.556. The minimum atomic E-state index is -0.175. The van der Waals surface area contributed by atoms with E-state index in [1.807, 2.05) is 6.92 Å². The number of hydrogen-bond acceptors (Lipinski definition) is 4. The second kappa shape index (κ2) is 4.52. The van der Waals surface area contributed by atoms with E-state index in [2.05, 4.69) is 16.2 Å². The molecule has 1 heterocycles. The van der Waals surface area contributed by atoms with Gasteiger partial charge in [0.05, 0.1) is 17.1 Å². The summed E-state index contributed by atoms with van der Waals surface area (Å²) >= 11 is 3.18. The molecule has 0 spiro atoms. The second-order valence-corrected chi connectivity index (χ2v) is 4.49. The van der Waals surface area contributed by atoms with Gasteiger partial charge < -0.3 is 4.74 Å². The predicted molar refractivity (Wildman–Crippen MR) is 51.8 cm³/mol. The van der Waals surface area contributed by atoms with Crippen molar-refractivity contribution in [3.05, 3.63) is 17.0 Å². The van der Waals surface area contributed by atoms with Gasteiger partial charge in [-0.15, -0.1) is 23.1 Å². The molecule has 4 heteroatoms. The summed E-state index contributed by atoms with van der Waals surface area (Å²) in [5.74, 6) is 0.224. The number of carbonyl (C=O) groups excluding carboxylic acids is 1. The highest BCUT2D eigenvalue weighted by Crippen LogP contribution is 2.25. The van der Waals surface area contributed by atoms with Gasteiger partial charge in [-0.3, -0.25) is 4.79 Å². The standard InChI is InChI=1S/C8H10O2S2/c1-6-3-8(11-4-6)12-5-7(9)10-2/h3-4H,5H2,1-2H3. The maximum absolute atomic E-state index is 10.8. The molecule has 0 radical (unpaired) electrons. The number of hydrogen-bond donors (Lipinski definition) is 0. The summed E-state index contributed by atoms with van der Waals surface area (Å²) in [5, 5.41) is 2.07. The summed E-state index contributed by atoms with van der Waals surface area (Å²) in [6.07, 6.45) is 0. The van der Waals surface area contributed by atoms with Gasteiger partial charge in [-0.2, -0.15) is 0 Å². The van der Waals surface area contributed by atoms with E-state index < -0.39 is 0 Å². The van der Waals surface area contributed by atoms with E-state index in [-0.39, 0.29) is 5.97 Å². The van der Waals surface area contributed by atoms with Crippen molar-refractivity contribution >= 4 is 29.1 Å². The first kappa shape index (κ1) is 9.61. The number of esters is 1. The fourth-order valence-electron chi connectivity index (χ4n) is 0.670. The van der Waals surface area contributed by atoms with E-state index >= 15 is 0 Å². The second-order valence-electron chi connectivity index (χ2n) is 2.31. The Balaban J connectivity index is 2.38. The SMILES string of the molecule is COC(=O)CSc1cc(C)cs1. The molecule has 0 N–H and O–H groups in total. The highest BCUT2D eigenvalue weighted by Gasteiger charge is 2.02. The Kier molecular flexibility index (Phi) is 3.62. The Morgan fingerprint density at radius 1 is 1.75 bits per heavy atom. The highest BCUT2D eigenvalue weighted by atomic mass is 32.2. The Hall–Kier alpha value is -0.480. The topological polar surface area (TPSA) is 26.3 Å². The number of aryl methyl sites for hydroxylation is 1. The molecule has 1 rings (SSSR count). The molecule has 0 unspecified atom stereocenters. The molecule has 0 aliphatic rings. The van der Waals surface area contributed by atoms with Crippen molar-refractivity contribution in [3.63, 3.8) is 0 Å². The van der Waals surface area contributed by atoms with Gasteiger partial charge in [0.2, 0.25) is 0 Å². The molecule has 0 bridgehead atoms. The van der Waals surface area contributed by atoms with Gasteiger partial charge in [-0.1, -0.05) is 0 Å². The van der Waals surface area contributed by atoms with Crippen molar-refractivity contribution in [1.82, 2.24) is 0 Å². The van der Waals surface area contributed by atoms with Crippen molar-refractivity contribution in [2.45, 2.75) is 11.1 Å². The lowest BCUT2D eigenvalue weighted by Crippen LogP contribution is -2.02. The van der Waals surface area contributed by atoms with Crippen LogP contribution in [0.1, 0.15) is 5.56 Å². The van der Waals surface area contributed by atoms with Gasteiger partial charge in [0.15, 0.2) is 0 Å². The number of thioether (sulfide) groups is 1. The molecular weight excluding hydrogens is 192 g/mol. The average molecular weight is 202 g/mol. The summed E-state index contributed by atoms with van der Waals surface area (Å²) in [5.41, 5.74) is 1.24. The van der Waals surface area contributed by atoms with Crippen LogP contribution in [0.3, 0.4) is 0 Å². The number of thiophene rings is 1. The minimum absolute atomic E-state index is 0.175. The summed E-state index contributed by atoms with van der Waals surface area (Å²) in [6, 6.07) is 2.07. The molecular formula is C8H10O2S2. The van der Waals surface area contributed by atoms with Gasteiger partial charge in [-0.05, 0) is 23.9 Å². The van der Waals surface area contributed by atoms with Crippen LogP contribution in [0.5, 0.6) is 0 Å². The molecule has 0 aliphatic heterocycles. The van der Waals surface area contributed by atoms with Gasteiger partial charge in [0.1, 0.15) is 0 Å². The highest BCUT2D eigenvalue weighted by molar-refractivity contribution is 8.01. The zero-order valence-electron chi connectivity index (χ0n) is 6.99. The Bertz CT molecular complexity index is 268. The van der Waals surface area contributed by atoms with Crippen LogP contribution in [0, 0.1) is 6.92 Å². The van der Waals surface area contributed by atoms with E-state index in [9.17, 15) is 4.79 Å². The molecule has 2 nitrogen and oxygen atoms in total. The molecule has 0 aromatic carbocycles. The normalized spacial score (nSPS) is 9.83. The van der Waals surface area contributed by atoms with Gasteiger partial charge in [0, 0.05) is 0 Å². The zero-order valence-corrected chi connectivity index (χ0v) is 8.63. The minimum Gasteiger partial charge on any atom is -0.468 e. The molecule has 66 valence electrons. The Morgan fingerprint density at radius 3 is 3.00 bits per heavy atom. The maximum Gasteiger partial charge on any atom is 0.316 e. The largest absolute Gasteiger partial charge is 0.468 e. The van der Waals surface area contributed by atoms with Crippen LogP contribution in [0.2, 0.25) is 0 Å². The Morgan fingerprint density at radius 2 is 2.50 bits per heavy atom. The number of ether oxygens (including phenoxy) is 1. The first-order valence-corrected chi connectivity index (χ1v) is 5.33. The van der Waals surface area contributed by atoms with Crippen LogP contribution in [0.15, 0.2) is 15.7 Å². The summed E-state index contributed by atoms with van der Waals surface area (Å²) < 4.78 is 5.69. The fraction of sp³-hybridized carbons (Fsp3) is 0.375. The van der Waals surface area contributed by atoms with E-state index in [1.54, 1.807) is 11.3 Å². The molecule has 0 aliphatic carbocycles. The van der Waals surface area contributed by atoms with Gasteiger partial charge >= 0.3 is 5.97 Å². The third-order valence-corrected chi connectivity index (χ3v) is 3.53. The van der Waals surface area contributed by atoms with Crippen molar-refractivity contribution in [2.24, 2.45) is 0 Å². The lowest BCUT2D eigenvalue weighted by Gasteiger charge is -1.95. The van der Waals surface area contributed by atoms with Gasteiger partial charge in [0.25, 0.3) is 0 Å². The lowest BCUT2D eigenvalue weighted by atomic mass is 10.4. The van der Waals surface area contributed by atoms with E-state index in [1.165, 1.54) is 24.4 Å². The molecule has 1 aromatic heterocycles. The smallest absolute Gasteiger partial charge is 0.316 e. The van der Waals surface area contributed by atoms with Crippen molar-refractivity contribution in [1.29, 1.82) is 0 Å².